The Morgan fingerprint density at radius 1 is 1.75 bits per heavy atom. The van der Waals surface area contributed by atoms with Crippen molar-refractivity contribution in [1.82, 2.24) is 0 Å². The van der Waals surface area contributed by atoms with E-state index in [-0.39, 0.29) is 5.84 Å². The monoisotopic (exact) mass is 110 g/mol. The summed E-state index contributed by atoms with van der Waals surface area (Å²) in [5.41, 5.74) is 5.05. The Labute approximate surface area is 49.6 Å². The SMILES string of the molecule is C#CCCCC(=N)N. The Balaban J connectivity index is 2.97. The first-order chi connectivity index (χ1) is 3.77. The number of hydrogen-bond acceptors (Lipinski definition) is 1. The van der Waals surface area contributed by atoms with E-state index in [0.29, 0.717) is 6.42 Å². The number of unbranched alkanes of at least 4 members (excludes halogenated alkanes) is 1. The molecule has 0 heterocycles. The van der Waals surface area contributed by atoms with Crippen LogP contribution in [0.4, 0.5) is 0 Å². The highest BCUT2D eigenvalue weighted by Gasteiger charge is 1.85. The Hall–Kier alpha value is -0.970. The summed E-state index contributed by atoms with van der Waals surface area (Å²) in [7, 11) is 0. The third-order valence-electron chi connectivity index (χ3n) is 0.767. The molecule has 0 aliphatic carbocycles. The van der Waals surface area contributed by atoms with Gasteiger partial charge in [0.1, 0.15) is 0 Å². The van der Waals surface area contributed by atoms with Crippen molar-refractivity contribution in [2.24, 2.45) is 5.73 Å². The Morgan fingerprint density at radius 2 is 2.38 bits per heavy atom. The van der Waals surface area contributed by atoms with Gasteiger partial charge in [0.2, 0.25) is 0 Å². The van der Waals surface area contributed by atoms with Crippen LogP contribution in [-0.2, 0) is 0 Å². The van der Waals surface area contributed by atoms with Gasteiger partial charge in [-0.2, -0.15) is 0 Å². The number of rotatable bonds is 3. The van der Waals surface area contributed by atoms with Gasteiger partial charge < -0.3 is 5.73 Å². The van der Waals surface area contributed by atoms with Crippen molar-refractivity contribution in [1.29, 1.82) is 5.41 Å². The van der Waals surface area contributed by atoms with Crippen LogP contribution >= 0.6 is 0 Å². The molecule has 3 N–H and O–H groups in total. The van der Waals surface area contributed by atoms with E-state index in [4.69, 9.17) is 17.6 Å². The molecule has 0 aromatic rings. The molecule has 0 rings (SSSR count). The quantitative estimate of drug-likeness (QED) is 0.239. The van der Waals surface area contributed by atoms with Crippen molar-refractivity contribution in [2.75, 3.05) is 0 Å². The van der Waals surface area contributed by atoms with Crippen molar-refractivity contribution in [3.63, 3.8) is 0 Å². The normalized spacial score (nSPS) is 7.88. The lowest BCUT2D eigenvalue weighted by molar-refractivity contribution is 0.902. The van der Waals surface area contributed by atoms with Crippen LogP contribution in [-0.4, -0.2) is 5.84 Å². The molecular weight excluding hydrogens is 100 g/mol. The third-order valence-corrected chi connectivity index (χ3v) is 0.767. The van der Waals surface area contributed by atoms with Gasteiger partial charge in [-0.3, -0.25) is 5.41 Å². The number of terminal acetylenes is 1. The maximum atomic E-state index is 6.78. The van der Waals surface area contributed by atoms with E-state index in [9.17, 15) is 0 Å². The van der Waals surface area contributed by atoms with Crippen molar-refractivity contribution < 1.29 is 0 Å². The average Bonchev–Trinajstić information content (AvgIpc) is 1.66. The maximum absolute atomic E-state index is 6.78. The number of amidine groups is 1. The number of nitrogens with two attached hydrogens (primary N) is 1. The first-order valence-electron chi connectivity index (χ1n) is 2.53. The molecule has 0 aromatic carbocycles. The van der Waals surface area contributed by atoms with Crippen LogP contribution < -0.4 is 5.73 Å². The molecule has 0 aliphatic heterocycles. The molecule has 0 fully saturated rings. The van der Waals surface area contributed by atoms with Crippen LogP contribution in [0, 0.1) is 17.8 Å². The van der Waals surface area contributed by atoms with E-state index in [0.717, 1.165) is 12.8 Å². The van der Waals surface area contributed by atoms with Crippen LogP contribution in [0.5, 0.6) is 0 Å². The lowest BCUT2D eigenvalue weighted by Gasteiger charge is -1.90. The Bertz CT molecular complexity index is 110. The molecule has 2 nitrogen and oxygen atoms in total. The van der Waals surface area contributed by atoms with Crippen molar-refractivity contribution in [2.45, 2.75) is 19.3 Å². The molecule has 0 bridgehead atoms. The second-order valence-corrected chi connectivity index (χ2v) is 1.58. The van der Waals surface area contributed by atoms with Crippen LogP contribution in [0.2, 0.25) is 0 Å². The maximum Gasteiger partial charge on any atom is 0.0905 e. The van der Waals surface area contributed by atoms with Gasteiger partial charge in [0.05, 0.1) is 5.84 Å². The Morgan fingerprint density at radius 3 is 2.75 bits per heavy atom. The molecule has 0 spiro atoms. The topological polar surface area (TPSA) is 49.9 Å². The minimum absolute atomic E-state index is 0.222. The summed E-state index contributed by atoms with van der Waals surface area (Å²) in [6, 6.07) is 0. The molecule has 8 heavy (non-hydrogen) atoms. The molecule has 0 saturated heterocycles. The molecule has 0 radical (unpaired) electrons. The summed E-state index contributed by atoms with van der Waals surface area (Å²) >= 11 is 0. The molecule has 0 amide bonds. The summed E-state index contributed by atoms with van der Waals surface area (Å²) < 4.78 is 0. The molecule has 0 atom stereocenters. The fourth-order valence-electron chi connectivity index (χ4n) is 0.381. The van der Waals surface area contributed by atoms with Gasteiger partial charge in [0.15, 0.2) is 0 Å². The minimum Gasteiger partial charge on any atom is -0.388 e. The van der Waals surface area contributed by atoms with Crippen LogP contribution in [0.1, 0.15) is 19.3 Å². The summed E-state index contributed by atoms with van der Waals surface area (Å²) in [5, 5.41) is 6.78. The second-order valence-electron chi connectivity index (χ2n) is 1.58. The van der Waals surface area contributed by atoms with E-state index in [1.807, 2.05) is 0 Å². The van der Waals surface area contributed by atoms with Gasteiger partial charge >= 0.3 is 0 Å². The summed E-state index contributed by atoms with van der Waals surface area (Å²) in [5.74, 6) is 2.69. The van der Waals surface area contributed by atoms with Crippen LogP contribution in [0.25, 0.3) is 0 Å². The summed E-state index contributed by atoms with van der Waals surface area (Å²) in [6.07, 6.45) is 7.14. The fourth-order valence-corrected chi connectivity index (χ4v) is 0.381. The molecule has 0 unspecified atom stereocenters. The van der Waals surface area contributed by atoms with E-state index in [1.165, 1.54) is 0 Å². The Kier molecular flexibility index (Phi) is 3.69. The third kappa shape index (κ3) is 5.03. The van der Waals surface area contributed by atoms with Crippen molar-refractivity contribution in [3.8, 4) is 12.3 Å². The van der Waals surface area contributed by atoms with E-state index < -0.39 is 0 Å². The largest absolute Gasteiger partial charge is 0.388 e. The first kappa shape index (κ1) is 7.03. The molecule has 2 heteroatoms. The van der Waals surface area contributed by atoms with E-state index in [1.54, 1.807) is 0 Å². The van der Waals surface area contributed by atoms with Gasteiger partial charge in [-0.25, -0.2) is 0 Å². The summed E-state index contributed by atoms with van der Waals surface area (Å²) in [4.78, 5) is 0. The zero-order valence-electron chi connectivity index (χ0n) is 4.78. The molecule has 0 aliphatic rings. The van der Waals surface area contributed by atoms with Gasteiger partial charge in [0.25, 0.3) is 0 Å². The van der Waals surface area contributed by atoms with Crippen molar-refractivity contribution >= 4 is 5.84 Å². The lowest BCUT2D eigenvalue weighted by Crippen LogP contribution is -2.08. The van der Waals surface area contributed by atoms with E-state index in [2.05, 4.69) is 5.92 Å². The fraction of sp³-hybridized carbons (Fsp3) is 0.500. The van der Waals surface area contributed by atoms with Crippen LogP contribution in [0.3, 0.4) is 0 Å². The molecule has 0 saturated carbocycles. The molecular formula is C6H10N2. The predicted molar refractivity (Wildman–Crippen MR) is 34.6 cm³/mol. The smallest absolute Gasteiger partial charge is 0.0905 e. The highest BCUT2D eigenvalue weighted by molar-refractivity contribution is 5.76. The van der Waals surface area contributed by atoms with E-state index >= 15 is 0 Å². The zero-order chi connectivity index (χ0) is 6.41. The lowest BCUT2D eigenvalue weighted by atomic mass is 10.2. The highest BCUT2D eigenvalue weighted by Crippen LogP contribution is 1.90. The van der Waals surface area contributed by atoms with Gasteiger partial charge in [-0.05, 0) is 6.42 Å². The summed E-state index contributed by atoms with van der Waals surface area (Å²) in [6.45, 7) is 0. The first-order valence-corrected chi connectivity index (χ1v) is 2.53. The second kappa shape index (κ2) is 4.20. The van der Waals surface area contributed by atoms with Gasteiger partial charge in [0, 0.05) is 12.8 Å². The number of nitrogens with one attached hydrogen (secondary N) is 1. The van der Waals surface area contributed by atoms with Gasteiger partial charge in [-0.1, -0.05) is 0 Å². The minimum atomic E-state index is 0.222. The number of hydrogen-bond donors (Lipinski definition) is 2. The highest BCUT2D eigenvalue weighted by atomic mass is 14.7. The standard InChI is InChI=1S/C6H10N2/c1-2-3-4-5-6(7)8/h1H,3-5H2,(H3,7,8). The van der Waals surface area contributed by atoms with Gasteiger partial charge in [-0.15, -0.1) is 12.3 Å². The zero-order valence-corrected chi connectivity index (χ0v) is 4.78. The molecule has 44 valence electrons. The molecule has 0 aromatic heterocycles. The van der Waals surface area contributed by atoms with Crippen LogP contribution in [0.15, 0.2) is 0 Å². The average molecular weight is 110 g/mol. The predicted octanol–water partition coefficient (Wildman–Crippen LogP) is 0.726. The van der Waals surface area contributed by atoms with Crippen molar-refractivity contribution in [3.05, 3.63) is 0 Å².